The quantitative estimate of drug-likeness (QED) is 0.678. The van der Waals surface area contributed by atoms with Crippen molar-refractivity contribution < 1.29 is 9.21 Å². The van der Waals surface area contributed by atoms with Crippen LogP contribution in [0.15, 0.2) is 51.7 Å². The van der Waals surface area contributed by atoms with E-state index in [0.29, 0.717) is 27.6 Å². The fourth-order valence-corrected chi connectivity index (χ4v) is 2.08. The van der Waals surface area contributed by atoms with Crippen molar-refractivity contribution >= 4 is 33.5 Å². The predicted octanol–water partition coefficient (Wildman–Crippen LogP) is 2.90. The summed E-state index contributed by atoms with van der Waals surface area (Å²) in [5, 5.41) is 3.73. The van der Waals surface area contributed by atoms with Gasteiger partial charge in [0.1, 0.15) is 11.2 Å². The van der Waals surface area contributed by atoms with E-state index in [1.165, 1.54) is 6.92 Å². The van der Waals surface area contributed by atoms with Gasteiger partial charge in [0.25, 0.3) is 0 Å². The Morgan fingerprint density at radius 1 is 1.05 bits per heavy atom. The topological polar surface area (TPSA) is 59.3 Å². The molecule has 0 aliphatic rings. The molecule has 1 amide bonds. The lowest BCUT2D eigenvalue weighted by molar-refractivity contribution is -0.114. The molecule has 0 aliphatic heterocycles. The van der Waals surface area contributed by atoms with Crippen LogP contribution in [0.5, 0.6) is 0 Å². The highest BCUT2D eigenvalue weighted by Crippen LogP contribution is 2.21. The Labute approximate surface area is 108 Å². The van der Waals surface area contributed by atoms with Gasteiger partial charge >= 0.3 is 0 Å². The van der Waals surface area contributed by atoms with Gasteiger partial charge in [-0.15, -0.1) is 0 Å². The van der Waals surface area contributed by atoms with Crippen LogP contribution in [0, 0.1) is 0 Å². The molecule has 4 nitrogen and oxygen atoms in total. The Kier molecular flexibility index (Phi) is 2.56. The van der Waals surface area contributed by atoms with E-state index in [-0.39, 0.29) is 11.3 Å². The van der Waals surface area contributed by atoms with Crippen LogP contribution in [0.4, 0.5) is 5.69 Å². The van der Waals surface area contributed by atoms with Gasteiger partial charge in [0.2, 0.25) is 11.3 Å². The summed E-state index contributed by atoms with van der Waals surface area (Å²) in [7, 11) is 0. The van der Waals surface area contributed by atoms with Crippen LogP contribution in [0.2, 0.25) is 0 Å². The van der Waals surface area contributed by atoms with E-state index in [2.05, 4.69) is 5.32 Å². The molecule has 3 aromatic rings. The maximum absolute atomic E-state index is 12.3. The summed E-state index contributed by atoms with van der Waals surface area (Å²) in [6, 6.07) is 12.1. The molecule has 0 saturated carbocycles. The first-order valence-corrected chi connectivity index (χ1v) is 5.88. The summed E-state index contributed by atoms with van der Waals surface area (Å²) < 4.78 is 5.70. The smallest absolute Gasteiger partial charge is 0.221 e. The Balaban J connectivity index is 2.32. The molecule has 1 N–H and O–H groups in total. The van der Waals surface area contributed by atoms with Gasteiger partial charge in [0.05, 0.1) is 10.8 Å². The third-order valence-corrected chi connectivity index (χ3v) is 2.90. The van der Waals surface area contributed by atoms with Crippen molar-refractivity contribution in [2.45, 2.75) is 6.92 Å². The molecule has 19 heavy (non-hydrogen) atoms. The van der Waals surface area contributed by atoms with Crippen LogP contribution in [-0.2, 0) is 4.79 Å². The number of carbonyl (C=O) groups excluding carboxylic acids is 1. The first-order chi connectivity index (χ1) is 9.15. The zero-order chi connectivity index (χ0) is 13.4. The van der Waals surface area contributed by atoms with Crippen LogP contribution >= 0.6 is 0 Å². The van der Waals surface area contributed by atoms with Crippen LogP contribution in [0.25, 0.3) is 21.9 Å². The molecule has 94 valence electrons. The Morgan fingerprint density at radius 2 is 1.79 bits per heavy atom. The lowest BCUT2D eigenvalue weighted by Crippen LogP contribution is -2.06. The number of hydrogen-bond acceptors (Lipinski definition) is 3. The average molecular weight is 253 g/mol. The highest BCUT2D eigenvalue weighted by molar-refractivity contribution is 5.94. The predicted molar refractivity (Wildman–Crippen MR) is 74.3 cm³/mol. The monoisotopic (exact) mass is 253 g/mol. The second-order valence-electron chi connectivity index (χ2n) is 4.32. The van der Waals surface area contributed by atoms with E-state index in [4.69, 9.17) is 4.42 Å². The Hall–Kier alpha value is -2.62. The van der Waals surface area contributed by atoms with Crippen molar-refractivity contribution in [2.24, 2.45) is 0 Å². The molecular formula is C15H11NO3. The molecule has 0 aliphatic carbocycles. The zero-order valence-corrected chi connectivity index (χ0v) is 10.3. The minimum atomic E-state index is -0.164. The van der Waals surface area contributed by atoms with Crippen molar-refractivity contribution in [1.29, 1.82) is 0 Å². The van der Waals surface area contributed by atoms with Crippen LogP contribution in [0.1, 0.15) is 6.92 Å². The van der Waals surface area contributed by atoms with Crippen molar-refractivity contribution in [3.63, 3.8) is 0 Å². The minimum absolute atomic E-state index is 0.0637. The molecule has 0 saturated heterocycles. The summed E-state index contributed by atoms with van der Waals surface area (Å²) in [5.41, 5.74) is 1.56. The maximum Gasteiger partial charge on any atom is 0.221 e. The second kappa shape index (κ2) is 4.24. The van der Waals surface area contributed by atoms with Crippen LogP contribution < -0.4 is 10.7 Å². The Bertz CT molecular complexity index is 849. The SMILES string of the molecule is CC(=O)Nc1ccc2c(=O)c3ccccc3oc2c1. The summed E-state index contributed by atoms with van der Waals surface area (Å²) in [6.07, 6.45) is 0. The number of nitrogens with one attached hydrogen (secondary N) is 1. The summed E-state index contributed by atoms with van der Waals surface area (Å²) >= 11 is 0. The van der Waals surface area contributed by atoms with E-state index < -0.39 is 0 Å². The zero-order valence-electron chi connectivity index (χ0n) is 10.3. The van der Waals surface area contributed by atoms with Crippen LogP contribution in [-0.4, -0.2) is 5.91 Å². The van der Waals surface area contributed by atoms with Gasteiger partial charge in [0, 0.05) is 18.7 Å². The molecule has 0 spiro atoms. The van der Waals surface area contributed by atoms with E-state index in [1.54, 1.807) is 36.4 Å². The Morgan fingerprint density at radius 3 is 2.58 bits per heavy atom. The molecule has 0 fully saturated rings. The van der Waals surface area contributed by atoms with E-state index >= 15 is 0 Å². The number of anilines is 1. The first kappa shape index (κ1) is 11.5. The van der Waals surface area contributed by atoms with E-state index in [1.807, 2.05) is 6.07 Å². The van der Waals surface area contributed by atoms with E-state index in [9.17, 15) is 9.59 Å². The second-order valence-corrected chi connectivity index (χ2v) is 4.32. The third kappa shape index (κ3) is 1.97. The first-order valence-electron chi connectivity index (χ1n) is 5.88. The van der Waals surface area contributed by atoms with Gasteiger partial charge < -0.3 is 9.73 Å². The molecule has 1 aromatic heterocycles. The molecule has 0 unspecified atom stereocenters. The fraction of sp³-hybridized carbons (Fsp3) is 0.0667. The normalized spacial score (nSPS) is 10.8. The molecule has 1 heterocycles. The van der Waals surface area contributed by atoms with Gasteiger partial charge in [-0.1, -0.05) is 12.1 Å². The van der Waals surface area contributed by atoms with Crippen molar-refractivity contribution in [1.82, 2.24) is 0 Å². The minimum Gasteiger partial charge on any atom is -0.456 e. The third-order valence-electron chi connectivity index (χ3n) is 2.90. The van der Waals surface area contributed by atoms with Crippen molar-refractivity contribution in [2.75, 3.05) is 5.32 Å². The van der Waals surface area contributed by atoms with Gasteiger partial charge in [-0.25, -0.2) is 0 Å². The molecular weight excluding hydrogens is 242 g/mol. The molecule has 2 aromatic carbocycles. The molecule has 0 atom stereocenters. The van der Waals surface area contributed by atoms with Gasteiger partial charge in [-0.3, -0.25) is 9.59 Å². The van der Waals surface area contributed by atoms with Crippen molar-refractivity contribution in [3.05, 3.63) is 52.7 Å². The fourth-order valence-electron chi connectivity index (χ4n) is 2.08. The highest BCUT2D eigenvalue weighted by Gasteiger charge is 2.07. The number of carbonyl (C=O) groups is 1. The van der Waals surface area contributed by atoms with Gasteiger partial charge in [-0.05, 0) is 24.3 Å². The number of amides is 1. The largest absolute Gasteiger partial charge is 0.456 e. The molecule has 4 heteroatoms. The number of rotatable bonds is 1. The van der Waals surface area contributed by atoms with Crippen LogP contribution in [0.3, 0.4) is 0 Å². The van der Waals surface area contributed by atoms with E-state index in [0.717, 1.165) is 0 Å². The summed E-state index contributed by atoms with van der Waals surface area (Å²) in [4.78, 5) is 23.3. The molecule has 0 bridgehead atoms. The van der Waals surface area contributed by atoms with Gasteiger partial charge in [-0.2, -0.15) is 0 Å². The number of benzene rings is 2. The summed E-state index contributed by atoms with van der Waals surface area (Å²) in [5.74, 6) is -0.164. The number of hydrogen-bond donors (Lipinski definition) is 1. The lowest BCUT2D eigenvalue weighted by atomic mass is 10.1. The standard InChI is InChI=1S/C15H11NO3/c1-9(17)16-10-6-7-12-14(8-10)19-13-5-3-2-4-11(13)15(12)18/h2-8H,1H3,(H,16,17). The molecule has 0 radical (unpaired) electrons. The number of fused-ring (bicyclic) bond motifs is 2. The maximum atomic E-state index is 12.3. The number of para-hydroxylation sites is 1. The lowest BCUT2D eigenvalue weighted by Gasteiger charge is -2.04. The average Bonchev–Trinajstić information content (AvgIpc) is 2.38. The van der Waals surface area contributed by atoms with Crippen molar-refractivity contribution in [3.8, 4) is 0 Å². The molecule has 3 rings (SSSR count). The van der Waals surface area contributed by atoms with Gasteiger partial charge in [0.15, 0.2) is 0 Å². The summed E-state index contributed by atoms with van der Waals surface area (Å²) in [6.45, 7) is 1.43. The highest BCUT2D eigenvalue weighted by atomic mass is 16.3.